The van der Waals surface area contributed by atoms with E-state index in [9.17, 15) is 9.59 Å². The predicted molar refractivity (Wildman–Crippen MR) is 70.1 cm³/mol. The molecule has 0 unspecified atom stereocenters. The van der Waals surface area contributed by atoms with Gasteiger partial charge in [0.2, 0.25) is 0 Å². The Morgan fingerprint density at radius 3 is 2.47 bits per heavy atom. The molecule has 0 amide bonds. The first-order chi connectivity index (χ1) is 8.93. The zero-order valence-corrected chi connectivity index (χ0v) is 11.1. The molecule has 7 heteroatoms. The molecule has 0 saturated heterocycles. The fourth-order valence-electron chi connectivity index (χ4n) is 1.55. The number of hydrogen-bond acceptors (Lipinski definition) is 4. The first-order valence-corrected chi connectivity index (χ1v) is 5.84. The molecule has 1 aromatic carbocycles. The smallest absolute Gasteiger partial charge is 0.323 e. The minimum absolute atomic E-state index is 0.0876. The maximum absolute atomic E-state index is 10.8. The summed E-state index contributed by atoms with van der Waals surface area (Å²) in [5, 5.41) is 17.8. The van der Waals surface area contributed by atoms with Crippen LogP contribution in [0.4, 0.5) is 5.69 Å². The predicted octanol–water partition coefficient (Wildman–Crippen LogP) is 1.71. The van der Waals surface area contributed by atoms with Gasteiger partial charge >= 0.3 is 11.9 Å². The lowest BCUT2D eigenvalue weighted by molar-refractivity contribution is -0.138. The minimum atomic E-state index is -1.04. The summed E-state index contributed by atoms with van der Waals surface area (Å²) in [5.41, 5.74) is 0.537. The number of halogens is 1. The average Bonchev–Trinajstić information content (AvgIpc) is 2.33. The topological polar surface area (TPSA) is 87.1 Å². The van der Waals surface area contributed by atoms with E-state index in [1.165, 1.54) is 12.0 Å². The van der Waals surface area contributed by atoms with Gasteiger partial charge in [-0.15, -0.1) is 0 Å². The number of benzene rings is 1. The van der Waals surface area contributed by atoms with Crippen LogP contribution < -0.4 is 9.64 Å². The SMILES string of the molecule is COc1ccc(N(CCC(=O)O)CC(=O)O)cc1Cl. The fourth-order valence-corrected chi connectivity index (χ4v) is 1.80. The highest BCUT2D eigenvalue weighted by atomic mass is 35.5. The van der Waals surface area contributed by atoms with Crippen LogP contribution >= 0.6 is 11.6 Å². The van der Waals surface area contributed by atoms with Crippen molar-refractivity contribution in [2.45, 2.75) is 6.42 Å². The summed E-state index contributed by atoms with van der Waals surface area (Å²) in [5.74, 6) is -1.56. The van der Waals surface area contributed by atoms with Crippen molar-refractivity contribution in [3.05, 3.63) is 23.2 Å². The van der Waals surface area contributed by atoms with E-state index in [4.69, 9.17) is 26.6 Å². The summed E-state index contributed by atoms with van der Waals surface area (Å²) in [6.07, 6.45) is -0.156. The molecule has 1 rings (SSSR count). The van der Waals surface area contributed by atoms with Crippen LogP contribution in [0.5, 0.6) is 5.75 Å². The number of carbonyl (C=O) groups is 2. The summed E-state index contributed by atoms with van der Waals surface area (Å²) in [4.78, 5) is 22.8. The molecule has 6 nitrogen and oxygen atoms in total. The van der Waals surface area contributed by atoms with Crippen molar-refractivity contribution in [1.82, 2.24) is 0 Å². The molecular weight excluding hydrogens is 274 g/mol. The molecule has 0 fully saturated rings. The lowest BCUT2D eigenvalue weighted by atomic mass is 10.2. The van der Waals surface area contributed by atoms with Crippen LogP contribution in [0, 0.1) is 0 Å². The molecule has 19 heavy (non-hydrogen) atoms. The third-order valence-corrected chi connectivity index (χ3v) is 2.72. The van der Waals surface area contributed by atoms with Gasteiger partial charge in [0, 0.05) is 12.2 Å². The number of carboxylic acids is 2. The first-order valence-electron chi connectivity index (χ1n) is 5.46. The van der Waals surface area contributed by atoms with E-state index in [0.29, 0.717) is 16.5 Å². The lowest BCUT2D eigenvalue weighted by Crippen LogP contribution is -2.31. The number of carboxylic acid groups (broad SMARTS) is 2. The van der Waals surface area contributed by atoms with Crippen molar-refractivity contribution in [3.63, 3.8) is 0 Å². The van der Waals surface area contributed by atoms with Crippen LogP contribution in [-0.4, -0.2) is 42.4 Å². The molecule has 0 aliphatic carbocycles. The fraction of sp³-hybridized carbons (Fsp3) is 0.333. The zero-order valence-electron chi connectivity index (χ0n) is 10.3. The molecule has 0 radical (unpaired) electrons. The molecule has 0 aliphatic rings. The van der Waals surface area contributed by atoms with Crippen LogP contribution in [0.1, 0.15) is 6.42 Å². The summed E-state index contributed by atoms with van der Waals surface area (Å²) in [6.45, 7) is -0.208. The maximum Gasteiger partial charge on any atom is 0.323 e. The van der Waals surface area contributed by atoms with Gasteiger partial charge in [0.1, 0.15) is 12.3 Å². The Bertz CT molecular complexity index is 477. The van der Waals surface area contributed by atoms with Gasteiger partial charge in [-0.3, -0.25) is 9.59 Å². The summed E-state index contributed by atoms with van der Waals surface area (Å²) >= 11 is 5.96. The van der Waals surface area contributed by atoms with Crippen molar-refractivity contribution in [2.24, 2.45) is 0 Å². The first kappa shape index (κ1) is 15.1. The van der Waals surface area contributed by atoms with Crippen LogP contribution in [0.2, 0.25) is 5.02 Å². The Morgan fingerprint density at radius 2 is 2.00 bits per heavy atom. The van der Waals surface area contributed by atoms with E-state index in [2.05, 4.69) is 0 Å². The van der Waals surface area contributed by atoms with Crippen molar-refractivity contribution in [2.75, 3.05) is 25.1 Å². The number of anilines is 1. The van der Waals surface area contributed by atoms with Crippen molar-refractivity contribution < 1.29 is 24.5 Å². The monoisotopic (exact) mass is 287 g/mol. The third kappa shape index (κ3) is 4.67. The molecule has 0 aliphatic heterocycles. The molecule has 1 aromatic rings. The Kier molecular flexibility index (Phi) is 5.44. The van der Waals surface area contributed by atoms with E-state index in [1.807, 2.05) is 0 Å². The number of methoxy groups -OCH3 is 1. The standard InChI is InChI=1S/C12H14ClNO5/c1-19-10-3-2-8(6-9(10)13)14(7-12(17)18)5-4-11(15)16/h2-3,6H,4-5,7H2,1H3,(H,15,16)(H,17,18). The summed E-state index contributed by atoms with van der Waals surface area (Å²) < 4.78 is 5.00. The molecule has 0 atom stereocenters. The van der Waals surface area contributed by atoms with Crippen LogP contribution in [0.25, 0.3) is 0 Å². The largest absolute Gasteiger partial charge is 0.495 e. The van der Waals surface area contributed by atoms with Crippen LogP contribution in [0.15, 0.2) is 18.2 Å². The molecule has 0 spiro atoms. The molecule has 2 N–H and O–H groups in total. The average molecular weight is 288 g/mol. The molecule has 0 aromatic heterocycles. The summed E-state index contributed by atoms with van der Waals surface area (Å²) in [7, 11) is 1.47. The van der Waals surface area contributed by atoms with Crippen LogP contribution in [0.3, 0.4) is 0 Å². The van der Waals surface area contributed by atoms with Gasteiger partial charge in [-0.05, 0) is 18.2 Å². The second-order valence-corrected chi connectivity index (χ2v) is 4.19. The highest BCUT2D eigenvalue weighted by molar-refractivity contribution is 6.32. The van der Waals surface area contributed by atoms with E-state index >= 15 is 0 Å². The zero-order chi connectivity index (χ0) is 14.4. The Hall–Kier alpha value is -1.95. The number of hydrogen-bond donors (Lipinski definition) is 2. The second kappa shape index (κ2) is 6.84. The number of nitrogens with zero attached hydrogens (tertiary/aromatic N) is 1. The highest BCUT2D eigenvalue weighted by Gasteiger charge is 2.14. The molecule has 0 heterocycles. The lowest BCUT2D eigenvalue weighted by Gasteiger charge is -2.22. The van der Waals surface area contributed by atoms with Gasteiger partial charge in [0.25, 0.3) is 0 Å². The van der Waals surface area contributed by atoms with Gasteiger partial charge in [-0.25, -0.2) is 0 Å². The van der Waals surface area contributed by atoms with E-state index in [-0.39, 0.29) is 19.5 Å². The van der Waals surface area contributed by atoms with Gasteiger partial charge in [0.05, 0.1) is 18.6 Å². The number of rotatable bonds is 7. The quantitative estimate of drug-likeness (QED) is 0.794. The van der Waals surface area contributed by atoms with Crippen molar-refractivity contribution in [1.29, 1.82) is 0 Å². The molecule has 0 saturated carbocycles. The van der Waals surface area contributed by atoms with Crippen molar-refractivity contribution >= 4 is 29.2 Å². The third-order valence-electron chi connectivity index (χ3n) is 2.42. The summed E-state index contributed by atoms with van der Waals surface area (Å²) in [6, 6.07) is 4.79. The van der Waals surface area contributed by atoms with E-state index in [0.717, 1.165) is 0 Å². The highest BCUT2D eigenvalue weighted by Crippen LogP contribution is 2.29. The van der Waals surface area contributed by atoms with E-state index < -0.39 is 11.9 Å². The Balaban J connectivity index is 2.92. The van der Waals surface area contributed by atoms with Gasteiger partial charge < -0.3 is 19.8 Å². The van der Waals surface area contributed by atoms with Crippen molar-refractivity contribution in [3.8, 4) is 5.75 Å². The molecule has 0 bridgehead atoms. The number of ether oxygens (including phenoxy) is 1. The maximum atomic E-state index is 10.8. The van der Waals surface area contributed by atoms with E-state index in [1.54, 1.807) is 18.2 Å². The normalized spacial score (nSPS) is 10.0. The molecule has 104 valence electrons. The van der Waals surface area contributed by atoms with Gasteiger partial charge in [0.15, 0.2) is 0 Å². The van der Waals surface area contributed by atoms with Gasteiger partial charge in [-0.2, -0.15) is 0 Å². The Labute approximate surface area is 115 Å². The Morgan fingerprint density at radius 1 is 1.32 bits per heavy atom. The van der Waals surface area contributed by atoms with Gasteiger partial charge in [-0.1, -0.05) is 11.6 Å². The minimum Gasteiger partial charge on any atom is -0.495 e. The molecular formula is C12H14ClNO5. The second-order valence-electron chi connectivity index (χ2n) is 3.78. The van der Waals surface area contributed by atoms with Crippen LogP contribution in [-0.2, 0) is 9.59 Å². The number of aliphatic carboxylic acids is 2.